The number of aromatic nitrogens is 2. The van der Waals surface area contributed by atoms with Crippen LogP contribution in [0.5, 0.6) is 0 Å². The number of nitrogens with one attached hydrogen (secondary N) is 1. The van der Waals surface area contributed by atoms with Crippen LogP contribution in [-0.4, -0.2) is 26.8 Å². The summed E-state index contributed by atoms with van der Waals surface area (Å²) < 4.78 is 1.75. The van der Waals surface area contributed by atoms with Crippen molar-refractivity contribution in [3.63, 3.8) is 0 Å². The zero-order valence-corrected chi connectivity index (χ0v) is 12.9. The number of nitrogens with zero attached hydrogens (tertiary/aromatic N) is 2. The molecule has 1 aliphatic carbocycles. The van der Waals surface area contributed by atoms with E-state index in [9.17, 15) is 9.59 Å². The van der Waals surface area contributed by atoms with Crippen LogP contribution in [0.15, 0.2) is 36.7 Å². The van der Waals surface area contributed by atoms with Crippen LogP contribution in [-0.2, 0) is 16.1 Å². The third-order valence-corrected chi connectivity index (χ3v) is 4.06. The number of anilines is 1. The van der Waals surface area contributed by atoms with E-state index in [0.29, 0.717) is 19.4 Å². The number of aliphatic carboxylic acids is 1. The Kier molecular flexibility index (Phi) is 4.14. The number of carbonyl (C=O) groups excluding carboxylic acids is 1. The van der Waals surface area contributed by atoms with Crippen LogP contribution < -0.4 is 5.32 Å². The van der Waals surface area contributed by atoms with Gasteiger partial charge in [0.1, 0.15) is 0 Å². The Morgan fingerprint density at radius 3 is 2.65 bits per heavy atom. The van der Waals surface area contributed by atoms with E-state index < -0.39 is 5.97 Å². The Morgan fingerprint density at radius 2 is 2.09 bits per heavy atom. The Hall–Kier alpha value is -2.63. The largest absolute Gasteiger partial charge is 0.481 e. The quantitative estimate of drug-likeness (QED) is 0.857. The van der Waals surface area contributed by atoms with E-state index in [2.05, 4.69) is 10.4 Å². The molecule has 0 unspecified atom stereocenters. The number of hydrogen-bond donors (Lipinski definition) is 2. The molecule has 2 N–H and O–H groups in total. The van der Waals surface area contributed by atoms with Gasteiger partial charge in [-0.25, -0.2) is 0 Å². The lowest BCUT2D eigenvalue weighted by Crippen LogP contribution is -2.14. The predicted molar refractivity (Wildman–Crippen MR) is 85.1 cm³/mol. The highest BCUT2D eigenvalue weighted by molar-refractivity contribution is 5.90. The number of carboxylic acids is 1. The minimum absolute atomic E-state index is 0.0688. The van der Waals surface area contributed by atoms with Gasteiger partial charge in [-0.1, -0.05) is 12.1 Å². The summed E-state index contributed by atoms with van der Waals surface area (Å²) in [7, 11) is 0. The van der Waals surface area contributed by atoms with Gasteiger partial charge in [0.15, 0.2) is 0 Å². The van der Waals surface area contributed by atoms with Crippen molar-refractivity contribution in [2.45, 2.75) is 32.2 Å². The van der Waals surface area contributed by atoms with Gasteiger partial charge in [0.25, 0.3) is 0 Å². The first-order valence-corrected chi connectivity index (χ1v) is 7.64. The van der Waals surface area contributed by atoms with E-state index in [-0.39, 0.29) is 17.7 Å². The number of aryl methyl sites for hydroxylation is 2. The molecule has 1 heterocycles. The molecular formula is C17H19N3O3. The third kappa shape index (κ3) is 3.77. The topological polar surface area (TPSA) is 84.2 Å². The van der Waals surface area contributed by atoms with Gasteiger partial charge in [-0.2, -0.15) is 5.10 Å². The van der Waals surface area contributed by atoms with Gasteiger partial charge in [0.05, 0.1) is 12.1 Å². The zero-order valence-electron chi connectivity index (χ0n) is 12.9. The second-order valence-electron chi connectivity index (χ2n) is 5.99. The Labute approximate surface area is 134 Å². The molecule has 6 heteroatoms. The molecule has 1 saturated carbocycles. The number of carboxylic acid groups (broad SMARTS) is 1. The molecule has 0 bridgehead atoms. The average Bonchev–Trinajstić information content (AvgIpc) is 3.22. The van der Waals surface area contributed by atoms with Crippen molar-refractivity contribution in [1.82, 2.24) is 9.78 Å². The normalized spacial score (nSPS) is 19.3. The molecule has 1 amide bonds. The summed E-state index contributed by atoms with van der Waals surface area (Å²) in [6, 6.07) is 7.42. The summed E-state index contributed by atoms with van der Waals surface area (Å²) in [5, 5.41) is 15.9. The molecule has 3 rings (SSSR count). The summed E-state index contributed by atoms with van der Waals surface area (Å²) in [5.74, 6) is -0.949. The van der Waals surface area contributed by atoms with Crippen LogP contribution in [0.25, 0.3) is 0 Å². The summed E-state index contributed by atoms with van der Waals surface area (Å²) >= 11 is 0. The first-order chi connectivity index (χ1) is 11.0. The monoisotopic (exact) mass is 313 g/mol. The maximum absolute atomic E-state index is 11.9. The Bertz CT molecular complexity index is 721. The van der Waals surface area contributed by atoms with E-state index in [1.54, 1.807) is 10.9 Å². The first kappa shape index (κ1) is 15.3. The van der Waals surface area contributed by atoms with Crippen molar-refractivity contribution >= 4 is 17.6 Å². The summed E-state index contributed by atoms with van der Waals surface area (Å²) in [6.07, 6.45) is 4.71. The Balaban J connectivity index is 1.50. The first-order valence-electron chi connectivity index (χ1n) is 7.64. The molecule has 120 valence electrons. The fourth-order valence-corrected chi connectivity index (χ4v) is 2.68. The van der Waals surface area contributed by atoms with Crippen LogP contribution >= 0.6 is 0 Å². The molecule has 0 spiro atoms. The molecular weight excluding hydrogens is 294 g/mol. The molecule has 1 aromatic heterocycles. The second-order valence-corrected chi connectivity index (χ2v) is 5.99. The fourth-order valence-electron chi connectivity index (χ4n) is 2.68. The van der Waals surface area contributed by atoms with Crippen molar-refractivity contribution in [2.75, 3.05) is 5.32 Å². The van der Waals surface area contributed by atoms with Crippen LogP contribution in [0.4, 0.5) is 5.69 Å². The predicted octanol–water partition coefficient (Wildman–Crippen LogP) is 2.41. The van der Waals surface area contributed by atoms with Crippen LogP contribution in [0.3, 0.4) is 0 Å². The van der Waals surface area contributed by atoms with Gasteiger partial charge in [-0.05, 0) is 42.5 Å². The minimum Gasteiger partial charge on any atom is -0.481 e. The molecule has 1 fully saturated rings. The van der Waals surface area contributed by atoms with Crippen LogP contribution in [0.1, 0.15) is 29.9 Å². The van der Waals surface area contributed by atoms with Crippen molar-refractivity contribution in [3.8, 4) is 0 Å². The zero-order chi connectivity index (χ0) is 16.4. The summed E-state index contributed by atoms with van der Waals surface area (Å²) in [4.78, 5) is 22.8. The fraction of sp³-hybridized carbons (Fsp3) is 0.353. The van der Waals surface area contributed by atoms with E-state index in [1.165, 1.54) is 0 Å². The summed E-state index contributed by atoms with van der Waals surface area (Å²) in [6.45, 7) is 2.50. The van der Waals surface area contributed by atoms with E-state index in [1.807, 2.05) is 37.4 Å². The van der Waals surface area contributed by atoms with E-state index >= 15 is 0 Å². The molecule has 1 aliphatic rings. The van der Waals surface area contributed by atoms with Gasteiger partial charge in [-0.3, -0.25) is 14.3 Å². The number of hydrogen-bond acceptors (Lipinski definition) is 3. The van der Waals surface area contributed by atoms with Crippen LogP contribution in [0.2, 0.25) is 0 Å². The van der Waals surface area contributed by atoms with Gasteiger partial charge in [-0.15, -0.1) is 0 Å². The summed E-state index contributed by atoms with van der Waals surface area (Å²) in [5.41, 5.74) is 2.81. The smallest absolute Gasteiger partial charge is 0.307 e. The molecule has 1 aromatic carbocycles. The highest BCUT2D eigenvalue weighted by Crippen LogP contribution is 2.47. The maximum atomic E-state index is 11.9. The van der Waals surface area contributed by atoms with E-state index in [0.717, 1.165) is 16.8 Å². The number of amides is 1. The van der Waals surface area contributed by atoms with Crippen molar-refractivity contribution in [1.29, 1.82) is 0 Å². The lowest BCUT2D eigenvalue weighted by molar-refractivity contribution is -0.138. The molecule has 0 radical (unpaired) electrons. The number of benzene rings is 1. The number of rotatable bonds is 6. The lowest BCUT2D eigenvalue weighted by Gasteiger charge is -2.07. The van der Waals surface area contributed by atoms with Gasteiger partial charge >= 0.3 is 5.97 Å². The average molecular weight is 313 g/mol. The maximum Gasteiger partial charge on any atom is 0.307 e. The van der Waals surface area contributed by atoms with E-state index in [4.69, 9.17) is 5.11 Å². The SMILES string of the molecule is Cc1cnn(CCC(=O)Nc2ccc([C@@H]3C[C@H]3C(=O)O)cc2)c1. The lowest BCUT2D eigenvalue weighted by atomic mass is 10.1. The second kappa shape index (κ2) is 6.24. The minimum atomic E-state index is -0.735. The Morgan fingerprint density at radius 1 is 1.35 bits per heavy atom. The van der Waals surface area contributed by atoms with Crippen molar-refractivity contribution in [3.05, 3.63) is 47.8 Å². The standard InChI is InChI=1S/C17H19N3O3/c1-11-9-18-20(10-11)7-6-16(21)19-13-4-2-12(3-5-13)14-8-15(14)17(22)23/h2-5,9-10,14-15H,6-8H2,1H3,(H,19,21)(H,22,23)/t14-,15+/m0/s1. The highest BCUT2D eigenvalue weighted by Gasteiger charge is 2.43. The molecule has 6 nitrogen and oxygen atoms in total. The molecule has 23 heavy (non-hydrogen) atoms. The van der Waals surface area contributed by atoms with Gasteiger partial charge < -0.3 is 10.4 Å². The van der Waals surface area contributed by atoms with Crippen molar-refractivity contribution < 1.29 is 14.7 Å². The van der Waals surface area contributed by atoms with Gasteiger partial charge in [0.2, 0.25) is 5.91 Å². The highest BCUT2D eigenvalue weighted by atomic mass is 16.4. The van der Waals surface area contributed by atoms with Crippen LogP contribution in [0, 0.1) is 12.8 Å². The number of carbonyl (C=O) groups is 2. The van der Waals surface area contributed by atoms with Crippen molar-refractivity contribution in [2.24, 2.45) is 5.92 Å². The van der Waals surface area contributed by atoms with Gasteiger partial charge in [0, 0.05) is 24.8 Å². The molecule has 0 saturated heterocycles. The molecule has 2 atom stereocenters. The molecule has 0 aliphatic heterocycles. The molecule has 2 aromatic rings. The third-order valence-electron chi connectivity index (χ3n) is 4.06.